The fourth-order valence-corrected chi connectivity index (χ4v) is 5.87. The zero-order valence-electron chi connectivity index (χ0n) is 19.5. The monoisotopic (exact) mass is 545 g/mol. The minimum absolute atomic E-state index is 0.00707. The van der Waals surface area contributed by atoms with E-state index in [1.54, 1.807) is 0 Å². The number of imide groups is 1. The lowest BCUT2D eigenvalue weighted by molar-refractivity contribution is -0.198. The van der Waals surface area contributed by atoms with Crippen LogP contribution in [0.2, 0.25) is 0 Å². The Hall–Kier alpha value is -4.07. The van der Waals surface area contributed by atoms with E-state index in [1.807, 2.05) is 0 Å². The molecule has 39 heavy (non-hydrogen) atoms. The number of H-pyrrole nitrogens is 1. The van der Waals surface area contributed by atoms with Gasteiger partial charge in [-0.15, -0.1) is 0 Å². The van der Waals surface area contributed by atoms with Crippen LogP contribution in [-0.4, -0.2) is 56.6 Å². The summed E-state index contributed by atoms with van der Waals surface area (Å²) in [6.45, 7) is -1.03. The largest absolute Gasteiger partial charge is 0.390 e. The van der Waals surface area contributed by atoms with Gasteiger partial charge in [0.2, 0.25) is 0 Å². The SMILES string of the molecule is O=C1NC(=O)c2c1c1c3cc(F)c(F)cc3[nH]c1c1c2c2cc(F)c(F)cc2n1[C@@H]1O[C@H](CF)C[C@H](O)[C@H]1O. The van der Waals surface area contributed by atoms with Crippen LogP contribution in [-0.2, 0) is 4.74 Å². The maximum absolute atomic E-state index is 14.6. The Labute approximate surface area is 213 Å². The number of aliphatic hydroxyl groups is 2. The standard InChI is InChI=1S/C26H16F5N3O5/c27-6-7-1-16(35)23(36)26(39-7)34-15-5-13(31)11(29)3-9(15)18-20-19(24(37)33-25(20)38)17-8-2-10(28)12(30)4-14(8)32-21(17)22(18)34/h2-5,7,16,23,26,32,35-36H,1,6H2,(H,33,37,38)/t7-,16-,23+,26+/m0/s1. The summed E-state index contributed by atoms with van der Waals surface area (Å²) in [6.07, 6.45) is -6.14. The third kappa shape index (κ3) is 3.08. The molecule has 2 aliphatic rings. The number of nitrogens with zero attached hydrogens (tertiary/aromatic N) is 1. The third-order valence-corrected chi connectivity index (χ3v) is 7.50. The molecule has 8 nitrogen and oxygen atoms in total. The van der Waals surface area contributed by atoms with Crippen LogP contribution < -0.4 is 5.32 Å². The number of ether oxygens (including phenoxy) is 1. The third-order valence-electron chi connectivity index (χ3n) is 7.50. The van der Waals surface area contributed by atoms with Gasteiger partial charge in [0.1, 0.15) is 12.8 Å². The molecule has 2 aromatic heterocycles. The smallest absolute Gasteiger partial charge is 0.259 e. The van der Waals surface area contributed by atoms with E-state index >= 15 is 0 Å². The van der Waals surface area contributed by atoms with Gasteiger partial charge >= 0.3 is 0 Å². The van der Waals surface area contributed by atoms with Crippen molar-refractivity contribution >= 4 is 55.4 Å². The first kappa shape index (κ1) is 24.0. The van der Waals surface area contributed by atoms with Gasteiger partial charge in [-0.25, -0.2) is 22.0 Å². The maximum Gasteiger partial charge on any atom is 0.259 e. The molecule has 4 N–H and O–H groups in total. The normalized spacial score (nSPS) is 23.5. The van der Waals surface area contributed by atoms with E-state index in [0.29, 0.717) is 0 Å². The van der Waals surface area contributed by atoms with Gasteiger partial charge < -0.3 is 24.5 Å². The summed E-state index contributed by atoms with van der Waals surface area (Å²) in [7, 11) is 0. The second kappa shape index (κ2) is 7.97. The maximum atomic E-state index is 14.6. The summed E-state index contributed by atoms with van der Waals surface area (Å²) in [5.41, 5.74) is -0.519. The number of carbonyl (C=O) groups is 2. The number of amides is 2. The zero-order valence-corrected chi connectivity index (χ0v) is 19.5. The first-order valence-electron chi connectivity index (χ1n) is 11.8. The average Bonchev–Trinajstić information content (AvgIpc) is 3.50. The molecule has 0 saturated carbocycles. The lowest BCUT2D eigenvalue weighted by Crippen LogP contribution is -2.46. The molecule has 0 spiro atoms. The van der Waals surface area contributed by atoms with Crippen LogP contribution in [0.3, 0.4) is 0 Å². The molecule has 200 valence electrons. The number of hydrogen-bond donors (Lipinski definition) is 4. The number of fused-ring (bicyclic) bond motifs is 10. The van der Waals surface area contributed by atoms with E-state index in [9.17, 15) is 41.8 Å². The van der Waals surface area contributed by atoms with Crippen molar-refractivity contribution in [3.05, 3.63) is 58.7 Å². The van der Waals surface area contributed by atoms with Crippen molar-refractivity contribution in [1.29, 1.82) is 0 Å². The Bertz CT molecular complexity index is 1930. The van der Waals surface area contributed by atoms with Gasteiger partial charge in [-0.1, -0.05) is 0 Å². The summed E-state index contributed by atoms with van der Waals surface area (Å²) in [4.78, 5) is 29.0. The van der Waals surface area contributed by atoms with E-state index in [2.05, 4.69) is 10.3 Å². The predicted molar refractivity (Wildman–Crippen MR) is 127 cm³/mol. The van der Waals surface area contributed by atoms with Crippen molar-refractivity contribution < 1.29 is 46.5 Å². The van der Waals surface area contributed by atoms with Gasteiger partial charge in [0, 0.05) is 45.6 Å². The molecule has 0 radical (unpaired) electrons. The molecule has 4 heterocycles. The van der Waals surface area contributed by atoms with Crippen molar-refractivity contribution in [1.82, 2.24) is 14.9 Å². The molecule has 3 aromatic carbocycles. The number of aromatic nitrogens is 2. The Morgan fingerprint density at radius 2 is 1.51 bits per heavy atom. The first-order valence-corrected chi connectivity index (χ1v) is 11.8. The van der Waals surface area contributed by atoms with E-state index in [-0.39, 0.29) is 61.2 Å². The van der Waals surface area contributed by atoms with Crippen LogP contribution in [0.15, 0.2) is 24.3 Å². The minimum atomic E-state index is -1.68. The highest BCUT2D eigenvalue weighted by molar-refractivity contribution is 6.39. The molecule has 7 rings (SSSR count). The van der Waals surface area contributed by atoms with Crippen molar-refractivity contribution in [2.45, 2.75) is 31.0 Å². The van der Waals surface area contributed by atoms with Crippen molar-refractivity contribution in [3.8, 4) is 0 Å². The van der Waals surface area contributed by atoms with E-state index in [0.717, 1.165) is 24.3 Å². The first-order chi connectivity index (χ1) is 18.6. The molecular weight excluding hydrogens is 529 g/mol. The number of aromatic amines is 1. The molecule has 0 unspecified atom stereocenters. The fraction of sp³-hybridized carbons (Fsp3) is 0.231. The number of halogens is 5. The molecule has 1 fully saturated rings. The lowest BCUT2D eigenvalue weighted by atomic mass is 9.96. The van der Waals surface area contributed by atoms with Crippen LogP contribution in [0, 0.1) is 23.3 Å². The number of rotatable bonds is 2. The lowest BCUT2D eigenvalue weighted by Gasteiger charge is -2.37. The van der Waals surface area contributed by atoms with Gasteiger partial charge in [0.05, 0.1) is 39.9 Å². The summed E-state index contributed by atoms with van der Waals surface area (Å²) in [5.74, 6) is -6.74. The zero-order chi connectivity index (χ0) is 27.5. The summed E-state index contributed by atoms with van der Waals surface area (Å²) in [6, 6.07) is 3.26. The van der Waals surface area contributed by atoms with Crippen LogP contribution in [0.25, 0.3) is 43.6 Å². The molecule has 5 aromatic rings. The molecule has 0 aliphatic carbocycles. The van der Waals surface area contributed by atoms with Crippen LogP contribution in [0.4, 0.5) is 22.0 Å². The van der Waals surface area contributed by atoms with Gasteiger partial charge in [-0.05, 0) is 12.1 Å². The van der Waals surface area contributed by atoms with Crippen LogP contribution >= 0.6 is 0 Å². The van der Waals surface area contributed by atoms with Gasteiger partial charge in [-0.3, -0.25) is 14.9 Å². The Kier molecular flexibility index (Phi) is 4.91. The summed E-state index contributed by atoms with van der Waals surface area (Å²) >= 11 is 0. The van der Waals surface area contributed by atoms with Crippen LogP contribution in [0.5, 0.6) is 0 Å². The van der Waals surface area contributed by atoms with Gasteiger partial charge in [0.15, 0.2) is 29.5 Å². The highest BCUT2D eigenvalue weighted by Crippen LogP contribution is 2.46. The molecule has 2 aliphatic heterocycles. The van der Waals surface area contributed by atoms with Crippen molar-refractivity contribution in [3.63, 3.8) is 0 Å². The molecule has 13 heteroatoms. The molecule has 2 amide bonds. The Morgan fingerprint density at radius 3 is 2.21 bits per heavy atom. The van der Waals surface area contributed by atoms with Crippen LogP contribution in [0.1, 0.15) is 33.4 Å². The number of carbonyl (C=O) groups excluding carboxylic acids is 2. The highest BCUT2D eigenvalue weighted by Gasteiger charge is 2.42. The molecular formula is C26H16F5N3O5. The Morgan fingerprint density at radius 1 is 0.897 bits per heavy atom. The Balaban J connectivity index is 1.75. The minimum Gasteiger partial charge on any atom is -0.390 e. The van der Waals surface area contributed by atoms with E-state index in [4.69, 9.17) is 4.74 Å². The molecule has 1 saturated heterocycles. The number of aliphatic hydroxyl groups excluding tert-OH is 2. The topological polar surface area (TPSA) is 117 Å². The number of alkyl halides is 1. The summed E-state index contributed by atoms with van der Waals surface area (Å²) < 4.78 is 78.3. The second-order valence-electron chi connectivity index (χ2n) is 9.69. The number of benzene rings is 3. The average molecular weight is 545 g/mol. The number of nitrogens with one attached hydrogen (secondary N) is 2. The number of hydrogen-bond acceptors (Lipinski definition) is 5. The van der Waals surface area contributed by atoms with Gasteiger partial charge in [-0.2, -0.15) is 0 Å². The van der Waals surface area contributed by atoms with Gasteiger partial charge in [0.25, 0.3) is 11.8 Å². The molecule has 0 bridgehead atoms. The van der Waals surface area contributed by atoms with Crippen molar-refractivity contribution in [2.24, 2.45) is 0 Å². The second-order valence-corrected chi connectivity index (χ2v) is 9.69. The summed E-state index contributed by atoms with van der Waals surface area (Å²) in [5, 5.41) is 23.5. The van der Waals surface area contributed by atoms with E-state index < -0.39 is 66.3 Å². The highest BCUT2D eigenvalue weighted by atomic mass is 19.2. The van der Waals surface area contributed by atoms with E-state index in [1.165, 1.54) is 4.57 Å². The predicted octanol–water partition coefficient (Wildman–Crippen LogP) is 3.85. The quantitative estimate of drug-likeness (QED) is 0.199. The molecule has 4 atom stereocenters. The van der Waals surface area contributed by atoms with Crippen molar-refractivity contribution in [2.75, 3.05) is 6.67 Å². The fourth-order valence-electron chi connectivity index (χ4n) is 5.87.